The molecule has 0 spiro atoms. The van der Waals surface area contributed by atoms with Gasteiger partial charge in [0, 0.05) is 19.6 Å². The van der Waals surface area contributed by atoms with Crippen molar-refractivity contribution >= 4 is 0 Å². The van der Waals surface area contributed by atoms with Gasteiger partial charge in [0.25, 0.3) is 0 Å². The lowest BCUT2D eigenvalue weighted by molar-refractivity contribution is 0.119. The lowest BCUT2D eigenvalue weighted by Crippen LogP contribution is -2.32. The molecule has 1 atom stereocenters. The first-order valence-corrected chi connectivity index (χ1v) is 6.02. The maximum absolute atomic E-state index is 5.57. The van der Waals surface area contributed by atoms with Gasteiger partial charge in [0.05, 0.1) is 12.6 Å². The molecule has 3 nitrogen and oxygen atoms in total. The monoisotopic (exact) mass is 213 g/mol. The van der Waals surface area contributed by atoms with Crippen LogP contribution in [-0.2, 0) is 9.47 Å². The first kappa shape index (κ1) is 12.5. The molecule has 0 amide bonds. The quantitative estimate of drug-likeness (QED) is 0.626. The molecule has 1 N–H and O–H groups in total. The Morgan fingerprint density at radius 3 is 2.93 bits per heavy atom. The Morgan fingerprint density at radius 1 is 1.47 bits per heavy atom. The minimum Gasteiger partial charge on any atom is -0.496 e. The highest BCUT2D eigenvalue weighted by Gasteiger charge is 2.17. The molecule has 0 aromatic heterocycles. The number of likely N-dealkylation sites (N-methyl/N-ethyl adjacent to an activating group) is 1. The SMILES string of the molecule is CCCOCCC(NCC)C1=CCCO1. The number of rotatable bonds is 8. The van der Waals surface area contributed by atoms with E-state index in [0.29, 0.717) is 6.04 Å². The smallest absolute Gasteiger partial charge is 0.109 e. The van der Waals surface area contributed by atoms with E-state index in [9.17, 15) is 0 Å². The maximum atomic E-state index is 5.57. The summed E-state index contributed by atoms with van der Waals surface area (Å²) in [4.78, 5) is 0. The second-order valence-electron chi connectivity index (χ2n) is 3.75. The number of hydrogen-bond donors (Lipinski definition) is 1. The first-order valence-electron chi connectivity index (χ1n) is 6.02. The van der Waals surface area contributed by atoms with E-state index in [1.54, 1.807) is 0 Å². The average Bonchev–Trinajstić information content (AvgIpc) is 2.76. The van der Waals surface area contributed by atoms with Crippen LogP contribution in [0.5, 0.6) is 0 Å². The molecule has 88 valence electrons. The van der Waals surface area contributed by atoms with Crippen molar-refractivity contribution in [2.24, 2.45) is 0 Å². The van der Waals surface area contributed by atoms with Gasteiger partial charge < -0.3 is 14.8 Å². The zero-order valence-corrected chi connectivity index (χ0v) is 9.92. The zero-order chi connectivity index (χ0) is 10.9. The Bertz CT molecular complexity index is 192. The molecule has 0 radical (unpaired) electrons. The van der Waals surface area contributed by atoms with E-state index in [1.807, 2.05) is 0 Å². The highest BCUT2D eigenvalue weighted by atomic mass is 16.5. The summed E-state index contributed by atoms with van der Waals surface area (Å²) in [6, 6.07) is 0.342. The lowest BCUT2D eigenvalue weighted by Gasteiger charge is -2.18. The third-order valence-corrected chi connectivity index (χ3v) is 2.43. The molecule has 1 aliphatic heterocycles. The summed E-state index contributed by atoms with van der Waals surface area (Å²) in [5, 5.41) is 3.43. The third kappa shape index (κ3) is 4.67. The second kappa shape index (κ2) is 7.71. The minimum absolute atomic E-state index is 0.342. The molecular formula is C12H23NO2. The molecule has 0 fully saturated rings. The lowest BCUT2D eigenvalue weighted by atomic mass is 10.1. The highest BCUT2D eigenvalue weighted by Crippen LogP contribution is 2.15. The molecule has 0 aliphatic carbocycles. The van der Waals surface area contributed by atoms with E-state index in [-0.39, 0.29) is 0 Å². The van der Waals surface area contributed by atoms with E-state index in [0.717, 1.165) is 51.4 Å². The summed E-state index contributed by atoms with van der Waals surface area (Å²) in [6.07, 6.45) is 5.32. The molecule has 0 bridgehead atoms. The fraction of sp³-hybridized carbons (Fsp3) is 0.833. The molecule has 15 heavy (non-hydrogen) atoms. The van der Waals surface area contributed by atoms with E-state index < -0.39 is 0 Å². The molecule has 1 unspecified atom stereocenters. The average molecular weight is 213 g/mol. The molecular weight excluding hydrogens is 190 g/mol. The van der Waals surface area contributed by atoms with Gasteiger partial charge in [-0.05, 0) is 25.5 Å². The second-order valence-corrected chi connectivity index (χ2v) is 3.75. The minimum atomic E-state index is 0.342. The summed E-state index contributed by atoms with van der Waals surface area (Å²) in [7, 11) is 0. The Kier molecular flexibility index (Phi) is 6.44. The van der Waals surface area contributed by atoms with Crippen molar-refractivity contribution in [2.45, 2.75) is 39.2 Å². The summed E-state index contributed by atoms with van der Waals surface area (Å²) in [5.41, 5.74) is 0. The highest BCUT2D eigenvalue weighted by molar-refractivity contribution is 5.06. The maximum Gasteiger partial charge on any atom is 0.109 e. The van der Waals surface area contributed by atoms with Crippen molar-refractivity contribution in [3.05, 3.63) is 11.8 Å². The number of nitrogens with one attached hydrogen (secondary N) is 1. The predicted molar refractivity (Wildman–Crippen MR) is 61.8 cm³/mol. The summed E-state index contributed by atoms with van der Waals surface area (Å²) >= 11 is 0. The topological polar surface area (TPSA) is 30.5 Å². The van der Waals surface area contributed by atoms with Crippen molar-refractivity contribution in [2.75, 3.05) is 26.4 Å². The van der Waals surface area contributed by atoms with Crippen LogP contribution in [-0.4, -0.2) is 32.4 Å². The van der Waals surface area contributed by atoms with Crippen LogP contribution in [0, 0.1) is 0 Å². The normalized spacial score (nSPS) is 17.3. The van der Waals surface area contributed by atoms with Gasteiger partial charge in [-0.3, -0.25) is 0 Å². The molecule has 1 rings (SSSR count). The van der Waals surface area contributed by atoms with Gasteiger partial charge in [0.2, 0.25) is 0 Å². The van der Waals surface area contributed by atoms with Crippen LogP contribution in [0.25, 0.3) is 0 Å². The summed E-state index contributed by atoms with van der Waals surface area (Å²) in [5.74, 6) is 1.11. The van der Waals surface area contributed by atoms with Gasteiger partial charge in [-0.15, -0.1) is 0 Å². The Morgan fingerprint density at radius 2 is 2.33 bits per heavy atom. The molecule has 3 heteroatoms. The van der Waals surface area contributed by atoms with Crippen molar-refractivity contribution in [3.63, 3.8) is 0 Å². The molecule has 1 aliphatic rings. The van der Waals surface area contributed by atoms with Crippen molar-refractivity contribution in [1.29, 1.82) is 0 Å². The van der Waals surface area contributed by atoms with Gasteiger partial charge in [-0.1, -0.05) is 13.8 Å². The van der Waals surface area contributed by atoms with E-state index in [1.165, 1.54) is 0 Å². The van der Waals surface area contributed by atoms with E-state index in [4.69, 9.17) is 9.47 Å². The molecule has 0 saturated heterocycles. The number of ether oxygens (including phenoxy) is 2. The predicted octanol–water partition coefficient (Wildman–Crippen LogP) is 2.09. The van der Waals surface area contributed by atoms with Crippen molar-refractivity contribution in [1.82, 2.24) is 5.32 Å². The molecule has 0 saturated carbocycles. The van der Waals surface area contributed by atoms with E-state index in [2.05, 4.69) is 25.2 Å². The zero-order valence-electron chi connectivity index (χ0n) is 9.92. The van der Waals surface area contributed by atoms with Crippen molar-refractivity contribution < 1.29 is 9.47 Å². The van der Waals surface area contributed by atoms with Gasteiger partial charge >= 0.3 is 0 Å². The Balaban J connectivity index is 2.23. The molecule has 1 heterocycles. The van der Waals surface area contributed by atoms with Crippen LogP contribution in [0.1, 0.15) is 33.1 Å². The van der Waals surface area contributed by atoms with Crippen molar-refractivity contribution in [3.8, 4) is 0 Å². The summed E-state index contributed by atoms with van der Waals surface area (Å²) in [6.45, 7) is 7.73. The first-order chi connectivity index (χ1) is 7.38. The van der Waals surface area contributed by atoms with Gasteiger partial charge in [-0.25, -0.2) is 0 Å². The van der Waals surface area contributed by atoms with Gasteiger partial charge in [0.1, 0.15) is 5.76 Å². The van der Waals surface area contributed by atoms with E-state index >= 15 is 0 Å². The van der Waals surface area contributed by atoms with Gasteiger partial charge in [0.15, 0.2) is 0 Å². The van der Waals surface area contributed by atoms with Gasteiger partial charge in [-0.2, -0.15) is 0 Å². The van der Waals surface area contributed by atoms with Crippen LogP contribution < -0.4 is 5.32 Å². The summed E-state index contributed by atoms with van der Waals surface area (Å²) < 4.78 is 11.1. The van der Waals surface area contributed by atoms with Crippen LogP contribution in [0.4, 0.5) is 0 Å². The third-order valence-electron chi connectivity index (χ3n) is 2.43. The Hall–Kier alpha value is -0.540. The van der Waals surface area contributed by atoms with Crippen LogP contribution in [0.2, 0.25) is 0 Å². The number of hydrogen-bond acceptors (Lipinski definition) is 3. The standard InChI is InChI=1S/C12H23NO2/c1-3-8-14-10-7-11(13-4-2)12-6-5-9-15-12/h6,11,13H,3-5,7-10H2,1-2H3. The fourth-order valence-corrected chi connectivity index (χ4v) is 1.72. The van der Waals surface area contributed by atoms with Crippen LogP contribution in [0.3, 0.4) is 0 Å². The fourth-order valence-electron chi connectivity index (χ4n) is 1.72. The Labute approximate surface area is 92.8 Å². The largest absolute Gasteiger partial charge is 0.496 e. The van der Waals surface area contributed by atoms with Crippen LogP contribution in [0.15, 0.2) is 11.8 Å². The van der Waals surface area contributed by atoms with Crippen LogP contribution >= 0.6 is 0 Å². The molecule has 0 aromatic carbocycles. The molecule has 0 aromatic rings.